The molecule has 0 aromatic carbocycles. The van der Waals surface area contributed by atoms with Gasteiger partial charge in [-0.1, -0.05) is 34.6 Å². The van der Waals surface area contributed by atoms with Crippen molar-refractivity contribution in [3.63, 3.8) is 0 Å². The highest BCUT2D eigenvalue weighted by Crippen LogP contribution is 2.66. The second-order valence-electron chi connectivity index (χ2n) is 12.0. The highest BCUT2D eigenvalue weighted by atomic mass is 32.2. The van der Waals surface area contributed by atoms with Crippen LogP contribution in [0.1, 0.15) is 67.7 Å². The van der Waals surface area contributed by atoms with E-state index in [2.05, 4.69) is 31.4 Å². The number of thioether (sulfide) groups is 1. The van der Waals surface area contributed by atoms with E-state index < -0.39 is 34.2 Å². The Bertz CT molecular complexity index is 778. The fraction of sp³-hybridized carbons (Fsp3) is 0.875. The van der Waals surface area contributed by atoms with E-state index >= 15 is 0 Å². The van der Waals surface area contributed by atoms with E-state index in [1.807, 2.05) is 27.7 Å². The topological polar surface area (TPSA) is 98.7 Å². The van der Waals surface area contributed by atoms with Crippen LogP contribution in [0.4, 0.5) is 0 Å². The molecule has 1 spiro atoms. The van der Waals surface area contributed by atoms with Crippen LogP contribution in [0.5, 0.6) is 0 Å². The van der Waals surface area contributed by atoms with Gasteiger partial charge >= 0.3 is 0 Å². The zero-order valence-electron chi connectivity index (χ0n) is 20.8. The molecule has 0 radical (unpaired) electrons. The monoisotopic (exact) mass is 467 g/mol. The number of likely N-dealkylation sites (tertiary alicyclic amines) is 1. The number of carbonyl (C=O) groups excluding carboxylic acids is 3. The van der Waals surface area contributed by atoms with Crippen molar-refractivity contribution in [2.45, 2.75) is 95.3 Å². The van der Waals surface area contributed by atoms with Gasteiger partial charge in [0.05, 0.1) is 29.2 Å². The molecule has 0 saturated carbocycles. The van der Waals surface area contributed by atoms with Gasteiger partial charge in [-0.05, 0) is 44.4 Å². The molecule has 0 aliphatic carbocycles. The molecule has 3 heterocycles. The molecule has 2 bridgehead atoms. The quantitative estimate of drug-likeness (QED) is 0.533. The summed E-state index contributed by atoms with van der Waals surface area (Å²) in [5.74, 6) is -1.42. The van der Waals surface area contributed by atoms with Crippen molar-refractivity contribution < 1.29 is 19.5 Å². The van der Waals surface area contributed by atoms with Crippen LogP contribution in [0.2, 0.25) is 0 Å². The summed E-state index contributed by atoms with van der Waals surface area (Å²) in [5, 5.41) is 16.2. The minimum absolute atomic E-state index is 0.0160. The molecule has 7 nitrogen and oxygen atoms in total. The van der Waals surface area contributed by atoms with Gasteiger partial charge in [-0.2, -0.15) is 0 Å². The maximum absolute atomic E-state index is 13.9. The third kappa shape index (κ3) is 4.17. The summed E-state index contributed by atoms with van der Waals surface area (Å²) in [5.41, 5.74) is -0.425. The largest absolute Gasteiger partial charge is 0.394 e. The van der Waals surface area contributed by atoms with Gasteiger partial charge in [0, 0.05) is 17.8 Å². The third-order valence-corrected chi connectivity index (χ3v) is 9.24. The number of fused-ring (bicyclic) bond motifs is 1. The van der Waals surface area contributed by atoms with Crippen molar-refractivity contribution in [2.24, 2.45) is 23.2 Å². The molecule has 3 aliphatic heterocycles. The Balaban J connectivity index is 2.03. The number of rotatable bonds is 7. The molecule has 0 aromatic rings. The van der Waals surface area contributed by atoms with E-state index in [1.165, 1.54) is 0 Å². The lowest BCUT2D eigenvalue weighted by atomic mass is 9.70. The summed E-state index contributed by atoms with van der Waals surface area (Å²) in [6.45, 7) is 14.2. The predicted octanol–water partition coefficient (Wildman–Crippen LogP) is 2.17. The van der Waals surface area contributed by atoms with E-state index in [1.54, 1.807) is 23.7 Å². The lowest BCUT2D eigenvalue weighted by Gasteiger charge is -2.41. The third-order valence-electron chi connectivity index (χ3n) is 7.28. The molecule has 6 atom stereocenters. The number of aliphatic hydroxyl groups excluding tert-OH is 1. The van der Waals surface area contributed by atoms with Crippen LogP contribution in [-0.4, -0.2) is 69.0 Å². The maximum atomic E-state index is 13.9. The molecule has 0 aromatic heterocycles. The number of amides is 3. The fourth-order valence-corrected chi connectivity index (χ4v) is 8.81. The van der Waals surface area contributed by atoms with Crippen molar-refractivity contribution in [3.05, 3.63) is 0 Å². The first-order valence-corrected chi connectivity index (χ1v) is 12.7. The van der Waals surface area contributed by atoms with Gasteiger partial charge in [0.1, 0.15) is 6.04 Å². The molecule has 3 fully saturated rings. The minimum atomic E-state index is -0.691. The average molecular weight is 468 g/mol. The van der Waals surface area contributed by atoms with Crippen LogP contribution < -0.4 is 10.6 Å². The van der Waals surface area contributed by atoms with E-state index in [0.717, 1.165) is 19.3 Å². The summed E-state index contributed by atoms with van der Waals surface area (Å²) < 4.78 is -0.622. The Labute approximate surface area is 196 Å². The second kappa shape index (κ2) is 8.49. The Morgan fingerprint density at radius 3 is 2.34 bits per heavy atom. The first-order chi connectivity index (χ1) is 14.7. The van der Waals surface area contributed by atoms with Crippen molar-refractivity contribution in [1.29, 1.82) is 0 Å². The summed E-state index contributed by atoms with van der Waals surface area (Å²) in [6, 6.07) is -1.16. The van der Waals surface area contributed by atoms with E-state index in [0.29, 0.717) is 0 Å². The lowest BCUT2D eigenvalue weighted by Crippen LogP contribution is -2.60. The molecule has 3 rings (SSSR count). The zero-order valence-corrected chi connectivity index (χ0v) is 21.6. The van der Waals surface area contributed by atoms with Gasteiger partial charge in [-0.3, -0.25) is 14.4 Å². The smallest absolute Gasteiger partial charge is 0.244 e. The highest BCUT2D eigenvalue weighted by Gasteiger charge is 2.74. The molecular weight excluding hydrogens is 426 g/mol. The molecule has 8 heteroatoms. The van der Waals surface area contributed by atoms with Gasteiger partial charge in [0.15, 0.2) is 0 Å². The number of nitrogens with zero attached hydrogens (tertiary/aromatic N) is 1. The van der Waals surface area contributed by atoms with E-state index in [9.17, 15) is 19.5 Å². The van der Waals surface area contributed by atoms with Gasteiger partial charge in [0.25, 0.3) is 0 Å². The normalized spacial score (nSPS) is 32.9. The second-order valence-corrected chi connectivity index (χ2v) is 13.6. The van der Waals surface area contributed by atoms with Crippen LogP contribution in [-0.2, 0) is 14.4 Å². The lowest BCUT2D eigenvalue weighted by molar-refractivity contribution is -0.144. The zero-order chi connectivity index (χ0) is 24.2. The number of hydrogen-bond acceptors (Lipinski definition) is 5. The molecule has 3 saturated heterocycles. The molecule has 2 unspecified atom stereocenters. The molecule has 3 amide bonds. The number of aliphatic hydroxyl groups is 1. The molecular formula is C24H41N3O4S. The standard InChI is InChI=1S/C24H41N3O4S/c1-13(2)14(11-28)27-18(20(30)26-23(6,7)12-22(3,4)5)24-10-9-15(32-24)16(19(29)25-8)17(24)21(27)31/h13-18,28H,9-12H2,1-8H3,(H,25,29)(H,26,30)/t14-,15-,16+,17-,18?,24?/m0/s1. The van der Waals surface area contributed by atoms with Crippen LogP contribution >= 0.6 is 11.8 Å². The van der Waals surface area contributed by atoms with Gasteiger partial charge in [-0.25, -0.2) is 0 Å². The summed E-state index contributed by atoms with van der Waals surface area (Å²) in [7, 11) is 1.60. The van der Waals surface area contributed by atoms with Crippen LogP contribution in [0.15, 0.2) is 0 Å². The van der Waals surface area contributed by atoms with Crippen LogP contribution in [0, 0.1) is 23.2 Å². The van der Waals surface area contributed by atoms with Crippen molar-refractivity contribution in [2.75, 3.05) is 13.7 Å². The van der Waals surface area contributed by atoms with Crippen molar-refractivity contribution >= 4 is 29.5 Å². The van der Waals surface area contributed by atoms with E-state index in [4.69, 9.17) is 0 Å². The number of hydrogen-bond donors (Lipinski definition) is 3. The summed E-state index contributed by atoms with van der Waals surface area (Å²) >= 11 is 1.66. The van der Waals surface area contributed by atoms with Crippen LogP contribution in [0.3, 0.4) is 0 Å². The highest BCUT2D eigenvalue weighted by molar-refractivity contribution is 8.02. The number of carbonyl (C=O) groups is 3. The Morgan fingerprint density at radius 1 is 1.22 bits per heavy atom. The van der Waals surface area contributed by atoms with E-state index in [-0.39, 0.29) is 40.9 Å². The Morgan fingerprint density at radius 2 is 1.84 bits per heavy atom. The van der Waals surface area contributed by atoms with Gasteiger partial charge in [-0.15, -0.1) is 11.8 Å². The molecule has 32 heavy (non-hydrogen) atoms. The summed E-state index contributed by atoms with van der Waals surface area (Å²) in [6.07, 6.45) is 2.34. The fourth-order valence-electron chi connectivity index (χ4n) is 6.61. The van der Waals surface area contributed by atoms with Gasteiger partial charge in [0.2, 0.25) is 17.7 Å². The SMILES string of the molecule is CNC(=O)[C@@H]1[C@@H]2CCC3(S2)C(C(=O)NC(C)(C)CC(C)(C)C)N([C@@H](CO)C(C)C)C(=O)[C@H]13. The molecule has 3 N–H and O–H groups in total. The summed E-state index contributed by atoms with van der Waals surface area (Å²) in [4.78, 5) is 42.2. The Kier molecular flexibility index (Phi) is 6.73. The van der Waals surface area contributed by atoms with Crippen LogP contribution in [0.25, 0.3) is 0 Å². The van der Waals surface area contributed by atoms with Gasteiger partial charge < -0.3 is 20.6 Å². The minimum Gasteiger partial charge on any atom is -0.394 e. The molecule has 182 valence electrons. The first-order valence-electron chi connectivity index (χ1n) is 11.8. The predicted molar refractivity (Wildman–Crippen MR) is 127 cm³/mol. The number of nitrogens with one attached hydrogen (secondary N) is 2. The maximum Gasteiger partial charge on any atom is 0.244 e. The van der Waals surface area contributed by atoms with Crippen molar-refractivity contribution in [3.8, 4) is 0 Å². The molecule has 3 aliphatic rings. The Hall–Kier alpha value is -1.28. The average Bonchev–Trinajstić information content (AvgIpc) is 3.27. The van der Waals surface area contributed by atoms with Crippen molar-refractivity contribution in [1.82, 2.24) is 15.5 Å². The first kappa shape index (κ1) is 25.3.